The van der Waals surface area contributed by atoms with E-state index >= 15 is 0 Å². The second-order valence-corrected chi connectivity index (χ2v) is 8.37. The van der Waals surface area contributed by atoms with Gasteiger partial charge in [0.2, 0.25) is 0 Å². The first-order chi connectivity index (χ1) is 14.5. The minimum Gasteiger partial charge on any atom is -0.357 e. The minimum atomic E-state index is 0. The highest BCUT2D eigenvalue weighted by Crippen LogP contribution is 2.16. The lowest BCUT2D eigenvalue weighted by Crippen LogP contribution is -2.46. The number of likely N-dealkylation sites (N-methyl/N-ethyl adjacent to an activating group) is 1. The number of H-pyrrole nitrogens is 1. The summed E-state index contributed by atoms with van der Waals surface area (Å²) in [7, 11) is 4.27. The van der Waals surface area contributed by atoms with Crippen LogP contribution in [0.15, 0.2) is 41.5 Å². The van der Waals surface area contributed by atoms with Gasteiger partial charge in [0, 0.05) is 52.9 Å². The Morgan fingerprint density at radius 1 is 1.23 bits per heavy atom. The van der Waals surface area contributed by atoms with Crippen LogP contribution in [0.2, 0.25) is 0 Å². The van der Waals surface area contributed by atoms with E-state index in [4.69, 9.17) is 4.99 Å². The fourth-order valence-corrected chi connectivity index (χ4v) is 3.75. The van der Waals surface area contributed by atoms with E-state index in [-0.39, 0.29) is 24.0 Å². The van der Waals surface area contributed by atoms with Crippen LogP contribution in [0.4, 0.5) is 0 Å². The van der Waals surface area contributed by atoms with Crippen LogP contribution in [0.25, 0.3) is 11.3 Å². The molecule has 1 aromatic heterocycles. The van der Waals surface area contributed by atoms with Gasteiger partial charge < -0.3 is 25.0 Å². The number of hydrogen-bond donors (Lipinski definition) is 2. The molecule has 1 aromatic carbocycles. The normalized spacial score (nSPS) is 16.6. The number of aromatic nitrogens is 2. The number of guanidine groups is 1. The molecule has 0 amide bonds. The lowest BCUT2D eigenvalue weighted by molar-refractivity contribution is 0.140. The van der Waals surface area contributed by atoms with Crippen molar-refractivity contribution in [3.8, 4) is 11.3 Å². The van der Waals surface area contributed by atoms with Crippen molar-refractivity contribution in [1.29, 1.82) is 0 Å². The Balaban J connectivity index is 0.00000341. The van der Waals surface area contributed by atoms with Crippen molar-refractivity contribution >= 4 is 29.9 Å². The molecule has 1 aliphatic rings. The minimum absolute atomic E-state index is 0. The number of piperazine rings is 1. The molecule has 2 aromatic rings. The van der Waals surface area contributed by atoms with Gasteiger partial charge in [0.15, 0.2) is 5.96 Å². The van der Waals surface area contributed by atoms with Gasteiger partial charge in [0.05, 0.1) is 18.4 Å². The lowest BCUT2D eigenvalue weighted by atomic mass is 10.1. The molecule has 172 valence electrons. The van der Waals surface area contributed by atoms with E-state index in [1.54, 1.807) is 0 Å². The van der Waals surface area contributed by atoms with Gasteiger partial charge in [-0.3, -0.25) is 4.99 Å². The molecule has 1 unspecified atom stereocenters. The molecule has 0 saturated carbocycles. The van der Waals surface area contributed by atoms with Crippen LogP contribution in [0.1, 0.15) is 19.7 Å². The van der Waals surface area contributed by atoms with Gasteiger partial charge in [0.1, 0.15) is 5.82 Å². The summed E-state index contributed by atoms with van der Waals surface area (Å²) in [6.07, 6.45) is 1.90. The summed E-state index contributed by atoms with van der Waals surface area (Å²) >= 11 is 0. The van der Waals surface area contributed by atoms with E-state index in [1.165, 1.54) is 0 Å². The number of nitrogens with zero attached hydrogens (tertiary/aromatic N) is 5. The predicted octanol–water partition coefficient (Wildman–Crippen LogP) is 2.98. The zero-order valence-electron chi connectivity index (χ0n) is 19.3. The molecular formula is C23H38IN7. The van der Waals surface area contributed by atoms with Crippen LogP contribution < -0.4 is 5.32 Å². The standard InChI is InChI=1S/C23H37N7.HI/c1-5-24-23(26-15-19(2)17-30-13-11-28(3)12-14-30)29(4)18-22-25-16-21(27-22)20-9-7-6-8-10-20;/h6-10,16,19H,5,11-15,17-18H2,1-4H3,(H,24,26)(H,25,27);1H. The van der Waals surface area contributed by atoms with Crippen LogP contribution >= 0.6 is 24.0 Å². The molecule has 8 heteroatoms. The quantitative estimate of drug-likeness (QED) is 0.307. The Bertz CT molecular complexity index is 784. The molecule has 1 saturated heterocycles. The first-order valence-corrected chi connectivity index (χ1v) is 11.0. The second kappa shape index (κ2) is 13.0. The zero-order valence-corrected chi connectivity index (χ0v) is 21.7. The summed E-state index contributed by atoms with van der Waals surface area (Å²) in [6.45, 7) is 12.5. The van der Waals surface area contributed by atoms with Crippen molar-refractivity contribution in [2.45, 2.75) is 20.4 Å². The fraction of sp³-hybridized carbons (Fsp3) is 0.565. The molecule has 2 N–H and O–H groups in total. The molecule has 1 aliphatic heterocycles. The molecule has 0 aliphatic carbocycles. The Morgan fingerprint density at radius 3 is 2.61 bits per heavy atom. The SMILES string of the molecule is CCNC(=NCC(C)CN1CCN(C)CC1)N(C)Cc1ncc(-c2ccccc2)[nH]1.I. The molecule has 1 atom stereocenters. The number of halogens is 1. The van der Waals surface area contributed by atoms with Gasteiger partial charge in [-0.25, -0.2) is 4.98 Å². The molecule has 0 radical (unpaired) electrons. The number of imidazole rings is 1. The monoisotopic (exact) mass is 539 g/mol. The number of hydrogen-bond acceptors (Lipinski definition) is 4. The van der Waals surface area contributed by atoms with Gasteiger partial charge in [0.25, 0.3) is 0 Å². The number of aromatic amines is 1. The van der Waals surface area contributed by atoms with Crippen molar-refractivity contribution in [3.63, 3.8) is 0 Å². The molecular weight excluding hydrogens is 501 g/mol. The van der Waals surface area contributed by atoms with Gasteiger partial charge in [-0.15, -0.1) is 24.0 Å². The maximum Gasteiger partial charge on any atom is 0.194 e. The van der Waals surface area contributed by atoms with Crippen LogP contribution in [-0.4, -0.2) is 90.5 Å². The molecule has 1 fully saturated rings. The van der Waals surface area contributed by atoms with Gasteiger partial charge in [-0.05, 0) is 25.5 Å². The molecule has 0 bridgehead atoms. The topological polar surface area (TPSA) is 62.8 Å². The number of nitrogens with one attached hydrogen (secondary N) is 2. The highest BCUT2D eigenvalue weighted by molar-refractivity contribution is 14.0. The molecule has 3 rings (SSSR count). The smallest absolute Gasteiger partial charge is 0.194 e. The molecule has 2 heterocycles. The van der Waals surface area contributed by atoms with Crippen LogP contribution in [0, 0.1) is 5.92 Å². The predicted molar refractivity (Wildman–Crippen MR) is 140 cm³/mol. The number of benzene rings is 1. The Hall–Kier alpha value is -1.65. The molecule has 7 nitrogen and oxygen atoms in total. The molecule has 0 spiro atoms. The van der Waals surface area contributed by atoms with Gasteiger partial charge in [-0.2, -0.15) is 0 Å². The van der Waals surface area contributed by atoms with E-state index in [0.717, 1.165) is 68.9 Å². The summed E-state index contributed by atoms with van der Waals surface area (Å²) in [5.74, 6) is 2.40. The van der Waals surface area contributed by atoms with Gasteiger partial charge in [-0.1, -0.05) is 37.3 Å². The van der Waals surface area contributed by atoms with Gasteiger partial charge >= 0.3 is 0 Å². The summed E-state index contributed by atoms with van der Waals surface area (Å²) in [4.78, 5) is 20.0. The molecule has 31 heavy (non-hydrogen) atoms. The largest absolute Gasteiger partial charge is 0.357 e. The zero-order chi connectivity index (χ0) is 21.3. The van der Waals surface area contributed by atoms with Crippen molar-refractivity contribution in [2.75, 3.05) is 59.9 Å². The van der Waals surface area contributed by atoms with Crippen molar-refractivity contribution in [1.82, 2.24) is 30.0 Å². The first kappa shape index (κ1) is 25.6. The van der Waals surface area contributed by atoms with E-state index in [1.807, 2.05) is 24.4 Å². The highest BCUT2D eigenvalue weighted by atomic mass is 127. The average Bonchev–Trinajstić information content (AvgIpc) is 3.22. The van der Waals surface area contributed by atoms with Crippen LogP contribution in [-0.2, 0) is 6.54 Å². The number of aliphatic imine (C=N–C) groups is 1. The van der Waals surface area contributed by atoms with Crippen molar-refractivity contribution in [2.24, 2.45) is 10.9 Å². The average molecular weight is 540 g/mol. The summed E-state index contributed by atoms with van der Waals surface area (Å²) in [5, 5.41) is 3.42. The third kappa shape index (κ3) is 8.08. The third-order valence-corrected chi connectivity index (χ3v) is 5.52. The van der Waals surface area contributed by atoms with E-state index in [9.17, 15) is 0 Å². The Morgan fingerprint density at radius 2 is 1.94 bits per heavy atom. The van der Waals surface area contributed by atoms with E-state index in [0.29, 0.717) is 12.5 Å². The first-order valence-electron chi connectivity index (χ1n) is 11.0. The van der Waals surface area contributed by atoms with Crippen molar-refractivity contribution in [3.05, 3.63) is 42.4 Å². The highest BCUT2D eigenvalue weighted by Gasteiger charge is 2.16. The number of rotatable bonds is 8. The lowest BCUT2D eigenvalue weighted by Gasteiger charge is -2.33. The van der Waals surface area contributed by atoms with E-state index in [2.05, 4.69) is 70.1 Å². The van der Waals surface area contributed by atoms with Crippen LogP contribution in [0.3, 0.4) is 0 Å². The van der Waals surface area contributed by atoms with Crippen molar-refractivity contribution < 1.29 is 0 Å². The maximum atomic E-state index is 4.91. The Kier molecular flexibility index (Phi) is 10.8. The summed E-state index contributed by atoms with van der Waals surface area (Å²) < 4.78 is 0. The maximum absolute atomic E-state index is 4.91. The van der Waals surface area contributed by atoms with E-state index < -0.39 is 0 Å². The Labute approximate surface area is 204 Å². The summed E-state index contributed by atoms with van der Waals surface area (Å²) in [6, 6.07) is 10.3. The third-order valence-electron chi connectivity index (χ3n) is 5.52. The van der Waals surface area contributed by atoms with Crippen LogP contribution in [0.5, 0.6) is 0 Å². The summed E-state index contributed by atoms with van der Waals surface area (Å²) in [5.41, 5.74) is 2.19. The fourth-order valence-electron chi connectivity index (χ4n) is 3.75. The second-order valence-electron chi connectivity index (χ2n) is 8.37.